The molecule has 2 aromatic carbocycles. The van der Waals surface area contributed by atoms with Crippen LogP contribution in [0.15, 0.2) is 40.9 Å². The van der Waals surface area contributed by atoms with Gasteiger partial charge in [0.25, 0.3) is 5.91 Å². The van der Waals surface area contributed by atoms with E-state index in [1.165, 1.54) is 6.07 Å². The molecule has 0 aliphatic rings. The highest BCUT2D eigenvalue weighted by Crippen LogP contribution is 2.22. The van der Waals surface area contributed by atoms with Crippen LogP contribution < -0.4 is 5.32 Å². The number of aryl methyl sites for hydroxylation is 1. The number of amides is 1. The van der Waals surface area contributed by atoms with Crippen LogP contribution >= 0.6 is 15.9 Å². The summed E-state index contributed by atoms with van der Waals surface area (Å²) >= 11 is 3.38. The maximum Gasteiger partial charge on any atom is 0.252 e. The Hall–Kier alpha value is -1.75. The van der Waals surface area contributed by atoms with Gasteiger partial charge in [-0.1, -0.05) is 18.2 Å². The molecule has 21 heavy (non-hydrogen) atoms. The number of carbonyl (C=O) groups is 1. The van der Waals surface area contributed by atoms with Crippen molar-refractivity contribution >= 4 is 21.8 Å². The molecule has 0 aliphatic heterocycles. The second-order valence-electron chi connectivity index (χ2n) is 4.81. The van der Waals surface area contributed by atoms with Crippen LogP contribution in [0.2, 0.25) is 0 Å². The van der Waals surface area contributed by atoms with Crippen molar-refractivity contribution in [3.63, 3.8) is 0 Å². The Morgan fingerprint density at radius 1 is 1.19 bits per heavy atom. The van der Waals surface area contributed by atoms with Gasteiger partial charge in [-0.2, -0.15) is 0 Å². The lowest BCUT2D eigenvalue weighted by molar-refractivity contribution is 0.0939. The standard InChI is InChI=1S/C16H14BrF2NO/c1-9-4-3-5-12(15(9)17)16(21)20-10(2)11-6-7-13(18)14(19)8-11/h3-8,10H,1-2H3,(H,20,21). The van der Waals surface area contributed by atoms with Gasteiger partial charge in [-0.05, 0) is 59.1 Å². The summed E-state index contributed by atoms with van der Waals surface area (Å²) in [4.78, 5) is 12.2. The first-order valence-corrected chi connectivity index (χ1v) is 7.20. The molecule has 0 radical (unpaired) electrons. The Kier molecular flexibility index (Phi) is 4.73. The van der Waals surface area contributed by atoms with E-state index < -0.39 is 17.7 Å². The topological polar surface area (TPSA) is 29.1 Å². The second-order valence-corrected chi connectivity index (χ2v) is 5.60. The fraction of sp³-hybridized carbons (Fsp3) is 0.188. The molecule has 0 heterocycles. The molecule has 0 spiro atoms. The van der Waals surface area contributed by atoms with E-state index >= 15 is 0 Å². The Labute approximate surface area is 130 Å². The molecule has 0 saturated heterocycles. The first-order chi connectivity index (χ1) is 9.90. The quantitative estimate of drug-likeness (QED) is 0.862. The minimum absolute atomic E-state index is 0.275. The van der Waals surface area contributed by atoms with Crippen LogP contribution in [0, 0.1) is 18.6 Å². The minimum atomic E-state index is -0.926. The van der Waals surface area contributed by atoms with E-state index in [9.17, 15) is 13.6 Å². The highest BCUT2D eigenvalue weighted by molar-refractivity contribution is 9.10. The van der Waals surface area contributed by atoms with E-state index in [0.29, 0.717) is 11.1 Å². The predicted octanol–water partition coefficient (Wildman–Crippen LogP) is 4.53. The lowest BCUT2D eigenvalue weighted by atomic mass is 10.1. The summed E-state index contributed by atoms with van der Waals surface area (Å²) in [5.41, 5.74) is 1.96. The molecular formula is C16H14BrF2NO. The Morgan fingerprint density at radius 3 is 2.57 bits per heavy atom. The number of hydrogen-bond donors (Lipinski definition) is 1. The van der Waals surface area contributed by atoms with Crippen LogP contribution in [-0.4, -0.2) is 5.91 Å². The van der Waals surface area contributed by atoms with E-state index in [0.717, 1.165) is 22.2 Å². The lowest BCUT2D eigenvalue weighted by Gasteiger charge is -2.15. The monoisotopic (exact) mass is 353 g/mol. The molecule has 0 fully saturated rings. The summed E-state index contributed by atoms with van der Waals surface area (Å²) in [5, 5.41) is 2.77. The Bertz CT molecular complexity index is 688. The van der Waals surface area contributed by atoms with Gasteiger partial charge in [-0.25, -0.2) is 8.78 Å². The number of rotatable bonds is 3. The summed E-state index contributed by atoms with van der Waals surface area (Å²) < 4.78 is 26.9. The third-order valence-electron chi connectivity index (χ3n) is 3.23. The third-order valence-corrected chi connectivity index (χ3v) is 4.28. The lowest BCUT2D eigenvalue weighted by Crippen LogP contribution is -2.27. The zero-order chi connectivity index (χ0) is 15.6. The molecule has 110 valence electrons. The molecule has 1 atom stereocenters. The summed E-state index contributed by atoms with van der Waals surface area (Å²) in [6.45, 7) is 3.61. The van der Waals surface area contributed by atoms with Gasteiger partial charge in [0.05, 0.1) is 11.6 Å². The van der Waals surface area contributed by atoms with Gasteiger partial charge in [-0.3, -0.25) is 4.79 Å². The summed E-state index contributed by atoms with van der Waals surface area (Å²) in [7, 11) is 0. The number of carbonyl (C=O) groups excluding carboxylic acids is 1. The van der Waals surface area contributed by atoms with E-state index in [-0.39, 0.29) is 5.91 Å². The van der Waals surface area contributed by atoms with Crippen molar-refractivity contribution in [1.29, 1.82) is 0 Å². The van der Waals surface area contributed by atoms with Gasteiger partial charge in [0.15, 0.2) is 11.6 Å². The average molecular weight is 354 g/mol. The maximum atomic E-state index is 13.2. The fourth-order valence-corrected chi connectivity index (χ4v) is 2.41. The van der Waals surface area contributed by atoms with Crippen molar-refractivity contribution < 1.29 is 13.6 Å². The van der Waals surface area contributed by atoms with Crippen molar-refractivity contribution in [2.45, 2.75) is 19.9 Å². The van der Waals surface area contributed by atoms with Crippen LogP contribution in [0.25, 0.3) is 0 Å². The molecular weight excluding hydrogens is 340 g/mol. The highest BCUT2D eigenvalue weighted by atomic mass is 79.9. The summed E-state index contributed by atoms with van der Waals surface area (Å²) in [5.74, 6) is -2.10. The zero-order valence-electron chi connectivity index (χ0n) is 11.6. The van der Waals surface area contributed by atoms with Gasteiger partial charge in [0, 0.05) is 4.47 Å². The predicted molar refractivity (Wildman–Crippen MR) is 81.1 cm³/mol. The van der Waals surface area contributed by atoms with Gasteiger partial charge in [0.1, 0.15) is 0 Å². The van der Waals surface area contributed by atoms with Crippen molar-refractivity contribution in [3.05, 3.63) is 69.2 Å². The molecule has 1 unspecified atom stereocenters. The Balaban J connectivity index is 2.18. The van der Waals surface area contributed by atoms with E-state index in [4.69, 9.17) is 0 Å². The first-order valence-electron chi connectivity index (χ1n) is 6.41. The van der Waals surface area contributed by atoms with E-state index in [1.807, 2.05) is 13.0 Å². The maximum absolute atomic E-state index is 13.2. The number of nitrogens with one attached hydrogen (secondary N) is 1. The zero-order valence-corrected chi connectivity index (χ0v) is 13.2. The van der Waals surface area contributed by atoms with Crippen molar-refractivity contribution in [2.24, 2.45) is 0 Å². The molecule has 2 nitrogen and oxygen atoms in total. The van der Waals surface area contributed by atoms with E-state index in [2.05, 4.69) is 21.2 Å². The summed E-state index contributed by atoms with van der Waals surface area (Å²) in [6.07, 6.45) is 0. The second kappa shape index (κ2) is 6.35. The largest absolute Gasteiger partial charge is 0.345 e. The molecule has 0 saturated carbocycles. The number of halogens is 3. The van der Waals surface area contributed by atoms with Crippen LogP contribution in [0.3, 0.4) is 0 Å². The van der Waals surface area contributed by atoms with Crippen LogP contribution in [-0.2, 0) is 0 Å². The SMILES string of the molecule is Cc1cccc(C(=O)NC(C)c2ccc(F)c(F)c2)c1Br. The highest BCUT2D eigenvalue weighted by Gasteiger charge is 2.16. The van der Waals surface area contributed by atoms with Gasteiger partial charge in [-0.15, -0.1) is 0 Å². The normalized spacial score (nSPS) is 12.0. The Morgan fingerprint density at radius 2 is 1.90 bits per heavy atom. The average Bonchev–Trinajstić information content (AvgIpc) is 2.44. The molecule has 0 aliphatic carbocycles. The molecule has 2 aromatic rings. The smallest absolute Gasteiger partial charge is 0.252 e. The van der Waals surface area contributed by atoms with Crippen LogP contribution in [0.4, 0.5) is 8.78 Å². The fourth-order valence-electron chi connectivity index (χ4n) is 1.96. The molecule has 0 aromatic heterocycles. The van der Waals surface area contributed by atoms with Crippen LogP contribution in [0.1, 0.15) is 34.5 Å². The number of hydrogen-bond acceptors (Lipinski definition) is 1. The minimum Gasteiger partial charge on any atom is -0.345 e. The third kappa shape index (κ3) is 3.47. The molecule has 0 bridgehead atoms. The molecule has 2 rings (SSSR count). The molecule has 1 N–H and O–H groups in total. The van der Waals surface area contributed by atoms with E-state index in [1.54, 1.807) is 19.1 Å². The van der Waals surface area contributed by atoms with Crippen molar-refractivity contribution in [3.8, 4) is 0 Å². The van der Waals surface area contributed by atoms with Gasteiger partial charge < -0.3 is 5.32 Å². The van der Waals surface area contributed by atoms with Gasteiger partial charge >= 0.3 is 0 Å². The van der Waals surface area contributed by atoms with Crippen LogP contribution in [0.5, 0.6) is 0 Å². The number of benzene rings is 2. The van der Waals surface area contributed by atoms with Crippen molar-refractivity contribution in [2.75, 3.05) is 0 Å². The summed E-state index contributed by atoms with van der Waals surface area (Å²) in [6, 6.07) is 8.54. The molecule has 5 heteroatoms. The van der Waals surface area contributed by atoms with Crippen molar-refractivity contribution in [1.82, 2.24) is 5.32 Å². The first kappa shape index (κ1) is 15.6. The van der Waals surface area contributed by atoms with Gasteiger partial charge in [0.2, 0.25) is 0 Å². The molecule has 1 amide bonds.